The molecule has 30 heavy (non-hydrogen) atoms. The van der Waals surface area contributed by atoms with Crippen molar-refractivity contribution >= 4 is 11.7 Å². The third-order valence-corrected chi connectivity index (χ3v) is 5.03. The molecule has 2 aromatic carbocycles. The van der Waals surface area contributed by atoms with Crippen LogP contribution in [0.5, 0.6) is 0 Å². The van der Waals surface area contributed by atoms with E-state index in [0.717, 1.165) is 49.8 Å². The minimum absolute atomic E-state index is 0.00957. The van der Waals surface area contributed by atoms with Gasteiger partial charge < -0.3 is 10.2 Å². The summed E-state index contributed by atoms with van der Waals surface area (Å²) in [4.78, 5) is 14.5. The highest BCUT2D eigenvalue weighted by atomic mass is 19.1. The summed E-state index contributed by atoms with van der Waals surface area (Å²) in [6.45, 7) is 7.58. The lowest BCUT2D eigenvalue weighted by Gasteiger charge is -2.24. The molecule has 0 saturated carbocycles. The van der Waals surface area contributed by atoms with Gasteiger partial charge in [-0.3, -0.25) is 0 Å². The molecular formula is C25H34F2N2O. The molecule has 2 amide bonds. The molecule has 3 nitrogen and oxygen atoms in total. The summed E-state index contributed by atoms with van der Waals surface area (Å²) < 4.78 is 27.1. The summed E-state index contributed by atoms with van der Waals surface area (Å²) in [6.07, 6.45) is 6.45. The molecular weight excluding hydrogens is 382 g/mol. The summed E-state index contributed by atoms with van der Waals surface area (Å²) >= 11 is 0. The number of amides is 2. The number of rotatable bonds is 11. The second-order valence-corrected chi connectivity index (χ2v) is 8.30. The van der Waals surface area contributed by atoms with Crippen LogP contribution in [-0.2, 0) is 13.0 Å². The van der Waals surface area contributed by atoms with Crippen LogP contribution in [0.4, 0.5) is 19.3 Å². The molecule has 0 bridgehead atoms. The van der Waals surface area contributed by atoms with E-state index in [4.69, 9.17) is 0 Å². The van der Waals surface area contributed by atoms with E-state index in [1.807, 2.05) is 12.1 Å². The van der Waals surface area contributed by atoms with E-state index >= 15 is 0 Å². The Kier molecular flexibility index (Phi) is 9.78. The molecule has 2 rings (SSSR count). The van der Waals surface area contributed by atoms with Crippen molar-refractivity contribution in [2.75, 3.05) is 11.9 Å². The quantitative estimate of drug-likeness (QED) is 0.387. The molecule has 0 fully saturated rings. The van der Waals surface area contributed by atoms with Crippen molar-refractivity contribution in [2.45, 2.75) is 65.8 Å². The first-order valence-corrected chi connectivity index (χ1v) is 11.0. The molecule has 0 radical (unpaired) electrons. The maximum Gasteiger partial charge on any atom is 0.322 e. The minimum Gasteiger partial charge on any atom is -0.320 e. The number of anilines is 1. The zero-order valence-electron chi connectivity index (χ0n) is 18.4. The smallest absolute Gasteiger partial charge is 0.320 e. The van der Waals surface area contributed by atoms with Gasteiger partial charge in [0.25, 0.3) is 0 Å². The largest absolute Gasteiger partial charge is 0.322 e. The molecule has 0 spiro atoms. The van der Waals surface area contributed by atoms with Crippen LogP contribution < -0.4 is 5.32 Å². The van der Waals surface area contributed by atoms with Crippen LogP contribution in [0, 0.1) is 17.6 Å². The van der Waals surface area contributed by atoms with Gasteiger partial charge in [0.05, 0.1) is 5.69 Å². The Bertz CT molecular complexity index is 790. The van der Waals surface area contributed by atoms with Crippen molar-refractivity contribution in [2.24, 2.45) is 5.92 Å². The lowest BCUT2D eigenvalue weighted by atomic mass is 10.0. The summed E-state index contributed by atoms with van der Waals surface area (Å²) in [5.41, 5.74) is 2.30. The van der Waals surface area contributed by atoms with Gasteiger partial charge in [-0.25, -0.2) is 13.6 Å². The van der Waals surface area contributed by atoms with E-state index in [1.165, 1.54) is 18.1 Å². The number of nitrogens with one attached hydrogen (secondary N) is 1. The van der Waals surface area contributed by atoms with Crippen molar-refractivity contribution in [1.82, 2.24) is 4.90 Å². The molecule has 164 valence electrons. The standard InChI is InChI=1S/C25H34F2N2O/c1-4-5-6-7-8-15-29(18-21-11-9-20(10-12-21)16-19(2)3)25(30)28-24-14-13-22(26)17-23(24)27/h9-14,17,19H,4-8,15-16,18H2,1-3H3,(H,28,30). The first kappa shape index (κ1) is 23.8. The molecule has 1 N–H and O–H groups in total. The number of unbranched alkanes of at least 4 members (excludes halogenated alkanes) is 4. The van der Waals surface area contributed by atoms with Gasteiger partial charge >= 0.3 is 6.03 Å². The number of carbonyl (C=O) groups excluding carboxylic acids is 1. The van der Waals surface area contributed by atoms with E-state index in [1.54, 1.807) is 4.90 Å². The predicted molar refractivity (Wildman–Crippen MR) is 120 cm³/mol. The van der Waals surface area contributed by atoms with Crippen molar-refractivity contribution in [3.8, 4) is 0 Å². The number of nitrogens with zero attached hydrogens (tertiary/aromatic N) is 1. The number of carbonyl (C=O) groups is 1. The molecule has 0 aliphatic rings. The number of hydrogen-bond donors (Lipinski definition) is 1. The third kappa shape index (κ3) is 8.13. The topological polar surface area (TPSA) is 32.3 Å². The van der Waals surface area contributed by atoms with Crippen LogP contribution in [0.2, 0.25) is 0 Å². The Hall–Kier alpha value is -2.43. The SMILES string of the molecule is CCCCCCCN(Cc1ccc(CC(C)C)cc1)C(=O)Nc1ccc(F)cc1F. The summed E-state index contributed by atoms with van der Waals surface area (Å²) in [6, 6.07) is 11.1. The first-order valence-electron chi connectivity index (χ1n) is 11.0. The normalized spacial score (nSPS) is 11.0. The van der Waals surface area contributed by atoms with Gasteiger partial charge in [-0.2, -0.15) is 0 Å². The second kappa shape index (κ2) is 12.3. The molecule has 0 aromatic heterocycles. The fourth-order valence-corrected chi connectivity index (χ4v) is 3.42. The highest BCUT2D eigenvalue weighted by molar-refractivity contribution is 5.89. The predicted octanol–water partition coefficient (Wildman–Crippen LogP) is 7.17. The van der Waals surface area contributed by atoms with E-state index in [0.29, 0.717) is 19.0 Å². The maximum atomic E-state index is 14.0. The van der Waals surface area contributed by atoms with Crippen LogP contribution in [-0.4, -0.2) is 17.5 Å². The van der Waals surface area contributed by atoms with E-state index < -0.39 is 11.6 Å². The lowest BCUT2D eigenvalue weighted by Crippen LogP contribution is -2.35. The first-order chi connectivity index (χ1) is 14.4. The van der Waals surface area contributed by atoms with E-state index in [-0.39, 0.29) is 11.7 Å². The van der Waals surface area contributed by atoms with Crippen LogP contribution in [0.25, 0.3) is 0 Å². The van der Waals surface area contributed by atoms with Crippen molar-refractivity contribution in [3.05, 3.63) is 65.2 Å². The fourth-order valence-electron chi connectivity index (χ4n) is 3.42. The molecule has 0 atom stereocenters. The van der Waals surface area contributed by atoms with Gasteiger partial charge in [-0.15, -0.1) is 0 Å². The number of halogens is 2. The second-order valence-electron chi connectivity index (χ2n) is 8.30. The van der Waals surface area contributed by atoms with Crippen LogP contribution in [0.15, 0.2) is 42.5 Å². The lowest BCUT2D eigenvalue weighted by molar-refractivity contribution is 0.207. The summed E-state index contributed by atoms with van der Waals surface area (Å²) in [5, 5.41) is 2.59. The van der Waals surface area contributed by atoms with Gasteiger partial charge in [0.2, 0.25) is 0 Å². The molecule has 0 heterocycles. The zero-order valence-corrected chi connectivity index (χ0v) is 18.4. The van der Waals surface area contributed by atoms with Crippen LogP contribution in [0.1, 0.15) is 64.0 Å². The number of urea groups is 1. The monoisotopic (exact) mass is 416 g/mol. The highest BCUT2D eigenvalue weighted by Crippen LogP contribution is 2.17. The van der Waals surface area contributed by atoms with Gasteiger partial charge in [-0.1, -0.05) is 70.7 Å². The third-order valence-electron chi connectivity index (χ3n) is 5.03. The Morgan fingerprint density at radius 2 is 1.63 bits per heavy atom. The molecule has 0 aliphatic heterocycles. The highest BCUT2D eigenvalue weighted by Gasteiger charge is 2.16. The number of hydrogen-bond acceptors (Lipinski definition) is 1. The molecule has 5 heteroatoms. The molecule has 0 unspecified atom stereocenters. The summed E-state index contributed by atoms with van der Waals surface area (Å²) in [5.74, 6) is -0.851. The average Bonchev–Trinajstić information content (AvgIpc) is 2.70. The molecule has 2 aromatic rings. The Balaban J connectivity index is 2.05. The minimum atomic E-state index is -0.774. The van der Waals surface area contributed by atoms with Gasteiger partial charge in [0, 0.05) is 19.2 Å². The number of benzene rings is 2. The fraction of sp³-hybridized carbons (Fsp3) is 0.480. The van der Waals surface area contributed by atoms with Crippen molar-refractivity contribution < 1.29 is 13.6 Å². The Labute approximate surface area is 179 Å². The van der Waals surface area contributed by atoms with Gasteiger partial charge in [-0.05, 0) is 42.0 Å². The van der Waals surface area contributed by atoms with Crippen LogP contribution >= 0.6 is 0 Å². The molecule has 0 saturated heterocycles. The van der Waals surface area contributed by atoms with E-state index in [9.17, 15) is 13.6 Å². The van der Waals surface area contributed by atoms with Crippen molar-refractivity contribution in [1.29, 1.82) is 0 Å². The van der Waals surface area contributed by atoms with E-state index in [2.05, 4.69) is 38.2 Å². The summed E-state index contributed by atoms with van der Waals surface area (Å²) in [7, 11) is 0. The van der Waals surface area contributed by atoms with Gasteiger partial charge in [0.15, 0.2) is 0 Å². The zero-order chi connectivity index (χ0) is 21.9. The van der Waals surface area contributed by atoms with Crippen molar-refractivity contribution in [3.63, 3.8) is 0 Å². The van der Waals surface area contributed by atoms with Crippen LogP contribution in [0.3, 0.4) is 0 Å². The average molecular weight is 417 g/mol. The van der Waals surface area contributed by atoms with Gasteiger partial charge in [0.1, 0.15) is 11.6 Å². The maximum absolute atomic E-state index is 14.0. The molecule has 0 aliphatic carbocycles. The Morgan fingerprint density at radius 1 is 0.967 bits per heavy atom. The Morgan fingerprint density at radius 3 is 2.27 bits per heavy atom.